The van der Waals surface area contributed by atoms with Gasteiger partial charge in [0.2, 0.25) is 5.91 Å². The summed E-state index contributed by atoms with van der Waals surface area (Å²) in [5.74, 6) is -0.0175. The first-order chi connectivity index (χ1) is 13.3. The maximum atomic E-state index is 12.4. The molecule has 0 bridgehead atoms. The van der Waals surface area contributed by atoms with Crippen molar-refractivity contribution in [3.63, 3.8) is 0 Å². The van der Waals surface area contributed by atoms with Gasteiger partial charge in [-0.25, -0.2) is 8.42 Å². The van der Waals surface area contributed by atoms with Crippen molar-refractivity contribution in [2.75, 3.05) is 0 Å². The zero-order valence-electron chi connectivity index (χ0n) is 14.9. The van der Waals surface area contributed by atoms with Crippen molar-refractivity contribution in [1.29, 1.82) is 0 Å². The lowest BCUT2D eigenvalue weighted by Crippen LogP contribution is -2.23. The summed E-state index contributed by atoms with van der Waals surface area (Å²) in [4.78, 5) is 26.6. The van der Waals surface area contributed by atoms with Crippen LogP contribution in [0.4, 0.5) is 0 Å². The predicted octanol–water partition coefficient (Wildman–Crippen LogP) is 2.67. The summed E-state index contributed by atoms with van der Waals surface area (Å²) in [5, 5.41) is 2.70. The Morgan fingerprint density at radius 2 is 1.75 bits per heavy atom. The molecule has 146 valence electrons. The van der Waals surface area contributed by atoms with E-state index in [2.05, 4.69) is 10.3 Å². The Morgan fingerprint density at radius 3 is 2.32 bits per heavy atom. The Labute approximate surface area is 167 Å². The summed E-state index contributed by atoms with van der Waals surface area (Å²) in [7, 11) is -3.27. The van der Waals surface area contributed by atoms with Crippen molar-refractivity contribution < 1.29 is 13.2 Å². The fraction of sp³-hybridized carbons (Fsp3) is 0.300. The molecule has 1 saturated heterocycles. The molecule has 1 aliphatic heterocycles. The molecule has 1 amide bonds. The van der Waals surface area contributed by atoms with Gasteiger partial charge in [-0.1, -0.05) is 29.8 Å². The highest BCUT2D eigenvalue weighted by molar-refractivity contribution is 7.92. The second-order valence-electron chi connectivity index (χ2n) is 7.11. The zero-order chi connectivity index (χ0) is 19.9. The van der Waals surface area contributed by atoms with Gasteiger partial charge in [0, 0.05) is 23.7 Å². The topological polar surface area (TPSA) is 96.1 Å². The van der Waals surface area contributed by atoms with E-state index >= 15 is 0 Å². The highest BCUT2D eigenvalue weighted by Crippen LogP contribution is 2.34. The Kier molecular flexibility index (Phi) is 4.89. The minimum atomic E-state index is -3.27. The van der Waals surface area contributed by atoms with E-state index in [0.29, 0.717) is 41.8 Å². The first-order valence-electron chi connectivity index (χ1n) is 9.09. The number of aromatic nitrogens is 1. The van der Waals surface area contributed by atoms with Crippen LogP contribution in [0.3, 0.4) is 0 Å². The number of nitrogens with one attached hydrogen (secondary N) is 2. The molecule has 28 heavy (non-hydrogen) atoms. The molecule has 1 aromatic carbocycles. The van der Waals surface area contributed by atoms with Crippen molar-refractivity contribution in [3.8, 4) is 0 Å². The molecule has 2 aromatic rings. The van der Waals surface area contributed by atoms with E-state index in [1.165, 1.54) is 6.07 Å². The van der Waals surface area contributed by atoms with Crippen molar-refractivity contribution in [2.24, 2.45) is 0 Å². The highest BCUT2D eigenvalue weighted by atomic mass is 35.5. The number of carbonyl (C=O) groups is 1. The lowest BCUT2D eigenvalue weighted by molar-refractivity contribution is -0.119. The summed E-state index contributed by atoms with van der Waals surface area (Å²) < 4.78 is 24.8. The summed E-state index contributed by atoms with van der Waals surface area (Å²) in [6.45, 7) is 0. The fourth-order valence-corrected chi connectivity index (χ4v) is 5.08. The van der Waals surface area contributed by atoms with E-state index in [4.69, 9.17) is 11.6 Å². The standard InChI is InChI=1S/C20H19ClN2O4S/c21-17-8-9-18(23-20(17)25)16(11-13-3-10-19(24)22-13)12-1-4-14(5-2-12)28(26,27)15-6-7-15/h1-2,4-5,8-9,11,13,15H,3,6-7,10H2,(H,22,24)(H,23,25)/b16-11-/t13-/m1/s1. The summed E-state index contributed by atoms with van der Waals surface area (Å²) in [6.07, 6.45) is 4.41. The Hall–Kier alpha value is -2.38. The van der Waals surface area contributed by atoms with Crippen LogP contribution >= 0.6 is 11.6 Å². The third-order valence-electron chi connectivity index (χ3n) is 5.01. The third kappa shape index (κ3) is 3.77. The third-order valence-corrected chi connectivity index (χ3v) is 7.58. The van der Waals surface area contributed by atoms with Crippen LogP contribution in [-0.2, 0) is 14.6 Å². The van der Waals surface area contributed by atoms with Gasteiger partial charge in [-0.15, -0.1) is 0 Å². The molecule has 1 aromatic heterocycles. The van der Waals surface area contributed by atoms with Crippen molar-refractivity contribution >= 4 is 32.9 Å². The lowest BCUT2D eigenvalue weighted by atomic mass is 9.99. The molecule has 0 spiro atoms. The number of sulfone groups is 1. The first kappa shape index (κ1) is 19.0. The van der Waals surface area contributed by atoms with Gasteiger partial charge in [-0.2, -0.15) is 0 Å². The van der Waals surface area contributed by atoms with Gasteiger partial charge >= 0.3 is 0 Å². The largest absolute Gasteiger partial charge is 0.350 e. The van der Waals surface area contributed by atoms with Crippen LogP contribution in [0.1, 0.15) is 36.9 Å². The van der Waals surface area contributed by atoms with E-state index in [1.807, 2.05) is 6.08 Å². The van der Waals surface area contributed by atoms with Crippen molar-refractivity contribution in [1.82, 2.24) is 10.3 Å². The summed E-state index contributed by atoms with van der Waals surface area (Å²) >= 11 is 5.84. The molecule has 6 nitrogen and oxygen atoms in total. The molecule has 2 N–H and O–H groups in total. The minimum absolute atomic E-state index is 0.0175. The smallest absolute Gasteiger partial charge is 0.267 e. The average molecular weight is 419 g/mol. The molecule has 1 aliphatic carbocycles. The number of halogens is 1. The van der Waals surface area contributed by atoms with Crippen molar-refractivity contribution in [3.05, 3.63) is 69.1 Å². The Bertz CT molecular complexity index is 1120. The molecule has 0 unspecified atom stereocenters. The molecule has 2 aliphatic rings. The van der Waals surface area contributed by atoms with Crippen LogP contribution in [0.5, 0.6) is 0 Å². The fourth-order valence-electron chi connectivity index (χ4n) is 3.31. The van der Waals surface area contributed by atoms with Crippen LogP contribution < -0.4 is 10.9 Å². The van der Waals surface area contributed by atoms with Gasteiger partial charge in [0.1, 0.15) is 5.02 Å². The maximum Gasteiger partial charge on any atom is 0.267 e. The Balaban J connectivity index is 1.74. The molecule has 0 radical (unpaired) electrons. The van der Waals surface area contributed by atoms with Crippen LogP contribution in [-0.4, -0.2) is 30.6 Å². The molecule has 1 atom stereocenters. The van der Waals surface area contributed by atoms with Gasteiger partial charge in [0.15, 0.2) is 9.84 Å². The number of rotatable bonds is 5. The summed E-state index contributed by atoms with van der Waals surface area (Å²) in [6, 6.07) is 9.70. The monoisotopic (exact) mass is 418 g/mol. The SMILES string of the molecule is O=C1CC[C@H](/C=C(/c2ccc(S(=O)(=O)C3CC3)cc2)c2ccc(Cl)c(=O)[nH]2)N1. The van der Waals surface area contributed by atoms with E-state index in [9.17, 15) is 18.0 Å². The molecular formula is C20H19ClN2O4S. The first-order valence-corrected chi connectivity index (χ1v) is 11.0. The van der Waals surface area contributed by atoms with E-state index < -0.39 is 15.4 Å². The average Bonchev–Trinajstić information content (AvgIpc) is 3.46. The van der Waals surface area contributed by atoms with Gasteiger partial charge in [-0.05, 0) is 49.1 Å². The van der Waals surface area contributed by atoms with Crippen LogP contribution in [0, 0.1) is 0 Å². The normalized spacial score (nSPS) is 20.2. The number of amides is 1. The van der Waals surface area contributed by atoms with Crippen LogP contribution in [0.2, 0.25) is 5.02 Å². The quantitative estimate of drug-likeness (QED) is 0.780. The number of hydrogen-bond acceptors (Lipinski definition) is 4. The number of hydrogen-bond donors (Lipinski definition) is 2. The molecular weight excluding hydrogens is 400 g/mol. The molecule has 8 heteroatoms. The molecule has 1 saturated carbocycles. The van der Waals surface area contributed by atoms with E-state index in [-0.39, 0.29) is 22.2 Å². The van der Waals surface area contributed by atoms with Gasteiger partial charge in [0.05, 0.1) is 10.1 Å². The van der Waals surface area contributed by atoms with Crippen molar-refractivity contribution in [2.45, 2.75) is 41.9 Å². The van der Waals surface area contributed by atoms with Gasteiger partial charge in [0.25, 0.3) is 5.56 Å². The Morgan fingerprint density at radius 1 is 1.04 bits per heavy atom. The van der Waals surface area contributed by atoms with E-state index in [1.54, 1.807) is 30.3 Å². The number of carbonyl (C=O) groups excluding carboxylic acids is 1. The van der Waals surface area contributed by atoms with Crippen LogP contribution in [0.15, 0.2) is 52.2 Å². The maximum absolute atomic E-state index is 12.4. The van der Waals surface area contributed by atoms with Gasteiger partial charge < -0.3 is 10.3 Å². The minimum Gasteiger partial charge on any atom is -0.350 e. The summed E-state index contributed by atoms with van der Waals surface area (Å²) in [5.41, 5.74) is 1.59. The van der Waals surface area contributed by atoms with Gasteiger partial charge in [-0.3, -0.25) is 9.59 Å². The molecule has 2 fully saturated rings. The highest BCUT2D eigenvalue weighted by Gasteiger charge is 2.36. The zero-order valence-corrected chi connectivity index (χ0v) is 16.5. The molecule has 2 heterocycles. The van der Waals surface area contributed by atoms with E-state index in [0.717, 1.165) is 5.56 Å². The second kappa shape index (κ2) is 7.22. The predicted molar refractivity (Wildman–Crippen MR) is 107 cm³/mol. The second-order valence-corrected chi connectivity index (χ2v) is 9.75. The molecule has 4 rings (SSSR count). The number of H-pyrrole nitrogens is 1. The number of benzene rings is 1. The number of aromatic amines is 1. The van der Waals surface area contributed by atoms with Crippen LogP contribution in [0.25, 0.3) is 5.57 Å². The lowest BCUT2D eigenvalue weighted by Gasteiger charge is -2.13. The number of pyridine rings is 1.